The molecule has 0 saturated carbocycles. The first-order chi connectivity index (χ1) is 9.82. The van der Waals surface area contributed by atoms with Crippen molar-refractivity contribution in [3.8, 4) is 6.07 Å². The van der Waals surface area contributed by atoms with Gasteiger partial charge in [0, 0.05) is 18.4 Å². The highest BCUT2D eigenvalue weighted by Crippen LogP contribution is 2.34. The Morgan fingerprint density at radius 2 is 1.57 bits per heavy atom. The molecule has 0 saturated heterocycles. The molecule has 0 N–H and O–H groups in total. The molecule has 0 aliphatic rings. The van der Waals surface area contributed by atoms with Gasteiger partial charge in [0.15, 0.2) is 0 Å². The molecular formula is C16H13F3N2. The van der Waals surface area contributed by atoms with Gasteiger partial charge in [0.25, 0.3) is 0 Å². The first-order valence-corrected chi connectivity index (χ1v) is 6.24. The van der Waals surface area contributed by atoms with Crippen LogP contribution in [-0.2, 0) is 6.18 Å². The van der Waals surface area contributed by atoms with E-state index in [0.717, 1.165) is 17.3 Å². The zero-order chi connectivity index (χ0) is 15.6. The van der Waals surface area contributed by atoms with E-state index < -0.39 is 11.7 Å². The Bertz CT molecular complexity index is 682. The Kier molecular flexibility index (Phi) is 3.90. The van der Waals surface area contributed by atoms with Gasteiger partial charge in [0.2, 0.25) is 0 Å². The first-order valence-electron chi connectivity index (χ1n) is 6.24. The Labute approximate surface area is 121 Å². The minimum atomic E-state index is -4.52. The van der Waals surface area contributed by atoms with E-state index >= 15 is 0 Å². The molecule has 0 heterocycles. The second-order valence-electron chi connectivity index (χ2n) is 4.73. The Hall–Kier alpha value is -2.48. The lowest BCUT2D eigenvalue weighted by molar-refractivity contribution is -0.137. The highest BCUT2D eigenvalue weighted by Gasteiger charge is 2.33. The summed E-state index contributed by atoms with van der Waals surface area (Å²) in [6.07, 6.45) is -4.52. The fraction of sp³-hybridized carbons (Fsp3) is 0.188. The van der Waals surface area contributed by atoms with Gasteiger partial charge < -0.3 is 4.90 Å². The van der Waals surface area contributed by atoms with Gasteiger partial charge >= 0.3 is 6.18 Å². The monoisotopic (exact) mass is 290 g/mol. The quantitative estimate of drug-likeness (QED) is 0.804. The maximum Gasteiger partial charge on any atom is 0.417 e. The van der Waals surface area contributed by atoms with Crippen LogP contribution in [-0.4, -0.2) is 7.05 Å². The molecule has 0 amide bonds. The molecule has 2 aromatic carbocycles. The van der Waals surface area contributed by atoms with Gasteiger partial charge in [-0.25, -0.2) is 0 Å². The lowest BCUT2D eigenvalue weighted by atomic mass is 10.1. The molecule has 0 spiro atoms. The summed E-state index contributed by atoms with van der Waals surface area (Å²) in [5, 5.41) is 8.93. The zero-order valence-electron chi connectivity index (χ0n) is 11.6. The maximum absolute atomic E-state index is 12.8. The summed E-state index contributed by atoms with van der Waals surface area (Å²) in [5.74, 6) is 0. The van der Waals surface area contributed by atoms with Crippen molar-refractivity contribution in [3.05, 3.63) is 59.2 Å². The number of anilines is 2. The van der Waals surface area contributed by atoms with E-state index in [0.29, 0.717) is 5.69 Å². The highest BCUT2D eigenvalue weighted by atomic mass is 19.4. The van der Waals surface area contributed by atoms with Gasteiger partial charge in [-0.15, -0.1) is 0 Å². The number of aryl methyl sites for hydroxylation is 1. The molecule has 0 atom stereocenters. The summed E-state index contributed by atoms with van der Waals surface area (Å²) in [4.78, 5) is 1.74. The van der Waals surface area contributed by atoms with Crippen molar-refractivity contribution in [3.63, 3.8) is 0 Å². The summed E-state index contributed by atoms with van der Waals surface area (Å²) in [6.45, 7) is 1.95. The molecule has 0 radical (unpaired) electrons. The van der Waals surface area contributed by atoms with Crippen molar-refractivity contribution in [2.45, 2.75) is 13.1 Å². The van der Waals surface area contributed by atoms with Crippen LogP contribution in [0.1, 0.15) is 16.7 Å². The van der Waals surface area contributed by atoms with Gasteiger partial charge in [-0.1, -0.05) is 17.7 Å². The molecule has 108 valence electrons. The Morgan fingerprint density at radius 3 is 2.10 bits per heavy atom. The van der Waals surface area contributed by atoms with Gasteiger partial charge in [0.05, 0.1) is 17.2 Å². The van der Waals surface area contributed by atoms with E-state index in [1.54, 1.807) is 18.0 Å². The van der Waals surface area contributed by atoms with Crippen molar-refractivity contribution >= 4 is 11.4 Å². The molecule has 0 bridgehead atoms. The number of alkyl halides is 3. The zero-order valence-corrected chi connectivity index (χ0v) is 11.6. The predicted molar refractivity (Wildman–Crippen MR) is 75.4 cm³/mol. The Morgan fingerprint density at radius 1 is 1.00 bits per heavy atom. The minimum absolute atomic E-state index is 0.376. The fourth-order valence-electron chi connectivity index (χ4n) is 2.00. The largest absolute Gasteiger partial charge is 0.417 e. The van der Waals surface area contributed by atoms with E-state index in [1.807, 2.05) is 31.2 Å². The molecule has 0 aliphatic carbocycles. The van der Waals surface area contributed by atoms with Crippen LogP contribution in [0.3, 0.4) is 0 Å². The molecule has 0 unspecified atom stereocenters. The van der Waals surface area contributed by atoms with Crippen LogP contribution in [0.25, 0.3) is 0 Å². The number of benzene rings is 2. The average molecular weight is 290 g/mol. The van der Waals surface area contributed by atoms with Gasteiger partial charge in [0.1, 0.15) is 0 Å². The number of hydrogen-bond acceptors (Lipinski definition) is 2. The van der Waals surface area contributed by atoms with Crippen LogP contribution in [0.15, 0.2) is 42.5 Å². The fourth-order valence-corrected chi connectivity index (χ4v) is 2.00. The second kappa shape index (κ2) is 5.49. The van der Waals surface area contributed by atoms with Crippen molar-refractivity contribution in [2.75, 3.05) is 11.9 Å². The molecule has 0 fully saturated rings. The summed E-state index contributed by atoms with van der Waals surface area (Å²) >= 11 is 0. The second-order valence-corrected chi connectivity index (χ2v) is 4.73. The Balaban J connectivity index is 2.42. The molecule has 21 heavy (non-hydrogen) atoms. The van der Waals surface area contributed by atoms with Crippen LogP contribution in [0.4, 0.5) is 24.5 Å². The maximum atomic E-state index is 12.8. The van der Waals surface area contributed by atoms with E-state index in [9.17, 15) is 13.2 Å². The minimum Gasteiger partial charge on any atom is -0.345 e. The topological polar surface area (TPSA) is 27.0 Å². The van der Waals surface area contributed by atoms with Crippen molar-refractivity contribution in [1.29, 1.82) is 5.26 Å². The normalized spacial score (nSPS) is 11.0. The highest BCUT2D eigenvalue weighted by molar-refractivity contribution is 5.65. The third-order valence-electron chi connectivity index (χ3n) is 3.24. The number of nitriles is 1. The van der Waals surface area contributed by atoms with E-state index in [4.69, 9.17) is 5.26 Å². The van der Waals surface area contributed by atoms with Crippen LogP contribution >= 0.6 is 0 Å². The third-order valence-corrected chi connectivity index (χ3v) is 3.24. The number of hydrogen-bond donors (Lipinski definition) is 0. The van der Waals surface area contributed by atoms with E-state index in [1.165, 1.54) is 12.1 Å². The standard InChI is InChI=1S/C16H13F3N2/c1-11-3-5-13(6-4-11)21(2)14-7-8-15(16(17,18)19)12(9-14)10-20/h3-9H,1-2H3. The summed E-state index contributed by atoms with van der Waals surface area (Å²) in [5.41, 5.74) is 1.18. The number of nitrogens with zero attached hydrogens (tertiary/aromatic N) is 2. The van der Waals surface area contributed by atoms with Gasteiger partial charge in [-0.3, -0.25) is 0 Å². The van der Waals surface area contributed by atoms with Crippen LogP contribution < -0.4 is 4.90 Å². The van der Waals surface area contributed by atoms with Gasteiger partial charge in [-0.2, -0.15) is 18.4 Å². The smallest absolute Gasteiger partial charge is 0.345 e. The molecule has 0 aromatic heterocycles. The SMILES string of the molecule is Cc1ccc(N(C)c2ccc(C(F)(F)F)c(C#N)c2)cc1. The van der Waals surface area contributed by atoms with Crippen LogP contribution in [0.5, 0.6) is 0 Å². The van der Waals surface area contributed by atoms with Gasteiger partial charge in [-0.05, 0) is 37.3 Å². The lowest BCUT2D eigenvalue weighted by Crippen LogP contribution is -2.12. The lowest BCUT2D eigenvalue weighted by Gasteiger charge is -2.21. The van der Waals surface area contributed by atoms with E-state index in [2.05, 4.69) is 0 Å². The van der Waals surface area contributed by atoms with Crippen LogP contribution in [0, 0.1) is 18.3 Å². The number of rotatable bonds is 2. The van der Waals surface area contributed by atoms with Crippen molar-refractivity contribution in [2.24, 2.45) is 0 Å². The third kappa shape index (κ3) is 3.16. The van der Waals surface area contributed by atoms with E-state index in [-0.39, 0.29) is 5.56 Å². The van der Waals surface area contributed by atoms with Crippen LogP contribution in [0.2, 0.25) is 0 Å². The summed E-state index contributed by atoms with van der Waals surface area (Å²) in [7, 11) is 1.74. The molecule has 2 nitrogen and oxygen atoms in total. The van der Waals surface area contributed by atoms with Crippen molar-refractivity contribution in [1.82, 2.24) is 0 Å². The number of halogens is 3. The first kappa shape index (κ1) is 14.9. The summed E-state index contributed by atoms with van der Waals surface area (Å²) in [6, 6.07) is 12.8. The molecule has 2 rings (SSSR count). The molecule has 2 aromatic rings. The molecule has 5 heteroatoms. The van der Waals surface area contributed by atoms with Crippen molar-refractivity contribution < 1.29 is 13.2 Å². The predicted octanol–water partition coefficient (Wildman–Crippen LogP) is 4.65. The molecular weight excluding hydrogens is 277 g/mol. The average Bonchev–Trinajstić information content (AvgIpc) is 2.45. The molecule has 0 aliphatic heterocycles. The summed E-state index contributed by atoms with van der Waals surface area (Å²) < 4.78 is 38.3.